The first-order valence-corrected chi connectivity index (χ1v) is 8.60. The molecular weight excluding hydrogens is 320 g/mol. The predicted octanol–water partition coefficient (Wildman–Crippen LogP) is 2.22. The molecule has 0 saturated carbocycles. The van der Waals surface area contributed by atoms with E-state index in [2.05, 4.69) is 10.1 Å². The molecule has 132 valence electrons. The van der Waals surface area contributed by atoms with Crippen LogP contribution < -0.4 is 0 Å². The fourth-order valence-corrected chi connectivity index (χ4v) is 2.92. The number of nitrogens with zero attached hydrogens (tertiary/aromatic N) is 4. The summed E-state index contributed by atoms with van der Waals surface area (Å²) in [5, 5.41) is 4.03. The molecule has 7 heteroatoms. The maximum atomic E-state index is 12.5. The van der Waals surface area contributed by atoms with E-state index in [-0.39, 0.29) is 5.91 Å². The highest BCUT2D eigenvalue weighted by atomic mass is 16.5. The number of carbonyl (C=O) groups excluding carboxylic acids is 2. The third-order valence-electron chi connectivity index (χ3n) is 4.34. The Labute approximate surface area is 146 Å². The van der Waals surface area contributed by atoms with Gasteiger partial charge in [0.2, 0.25) is 0 Å². The van der Waals surface area contributed by atoms with Crippen molar-refractivity contribution in [2.45, 2.75) is 38.7 Å². The molecule has 2 aromatic rings. The number of esters is 1. The molecule has 1 fully saturated rings. The first kappa shape index (κ1) is 17.1. The zero-order valence-corrected chi connectivity index (χ0v) is 14.3. The Kier molecular flexibility index (Phi) is 5.42. The number of carbonyl (C=O) groups is 2. The quantitative estimate of drug-likeness (QED) is 0.796. The molecular formula is C18H22N4O3. The normalized spacial score (nSPS) is 16.1. The Balaban J connectivity index is 1.60. The van der Waals surface area contributed by atoms with Crippen LogP contribution in [0.25, 0.3) is 5.69 Å². The van der Waals surface area contributed by atoms with Gasteiger partial charge in [0.1, 0.15) is 12.7 Å². The summed E-state index contributed by atoms with van der Waals surface area (Å²) in [4.78, 5) is 30.4. The Morgan fingerprint density at radius 2 is 1.76 bits per heavy atom. The van der Waals surface area contributed by atoms with Gasteiger partial charge in [0.15, 0.2) is 6.10 Å². The predicted molar refractivity (Wildman–Crippen MR) is 91.3 cm³/mol. The summed E-state index contributed by atoms with van der Waals surface area (Å²) in [6.45, 7) is 3.12. The molecule has 1 aromatic carbocycles. The highest BCUT2D eigenvalue weighted by Crippen LogP contribution is 2.14. The van der Waals surface area contributed by atoms with Gasteiger partial charge in [0, 0.05) is 13.1 Å². The van der Waals surface area contributed by atoms with Crippen LogP contribution >= 0.6 is 0 Å². The van der Waals surface area contributed by atoms with Crippen molar-refractivity contribution in [3.63, 3.8) is 0 Å². The minimum absolute atomic E-state index is 0.116. The average molecular weight is 342 g/mol. The van der Waals surface area contributed by atoms with E-state index < -0.39 is 12.1 Å². The summed E-state index contributed by atoms with van der Waals surface area (Å²) < 4.78 is 6.96. The number of likely N-dealkylation sites (tertiary alicyclic amines) is 1. The molecule has 1 atom stereocenters. The van der Waals surface area contributed by atoms with Gasteiger partial charge in [-0.1, -0.05) is 12.8 Å². The zero-order chi connectivity index (χ0) is 17.6. The highest BCUT2D eigenvalue weighted by molar-refractivity contribution is 5.92. The Hall–Kier alpha value is -2.70. The third kappa shape index (κ3) is 4.23. The molecule has 0 N–H and O–H groups in total. The molecule has 0 radical (unpaired) electrons. The summed E-state index contributed by atoms with van der Waals surface area (Å²) >= 11 is 0. The molecule has 0 bridgehead atoms. The summed E-state index contributed by atoms with van der Waals surface area (Å²) in [7, 11) is 0. The van der Waals surface area contributed by atoms with Gasteiger partial charge in [-0.3, -0.25) is 4.79 Å². The van der Waals surface area contributed by atoms with E-state index in [1.54, 1.807) is 47.1 Å². The minimum atomic E-state index is -0.777. The molecule has 0 aliphatic carbocycles. The number of amides is 1. The lowest BCUT2D eigenvalue weighted by Gasteiger charge is -2.24. The maximum absolute atomic E-state index is 12.5. The van der Waals surface area contributed by atoms with Gasteiger partial charge in [-0.25, -0.2) is 14.5 Å². The SMILES string of the molecule is CC(OC(=O)c1ccc(-n2cncn2)cc1)C(=O)N1CCCCCC1. The summed E-state index contributed by atoms with van der Waals surface area (Å²) in [6, 6.07) is 6.82. The Morgan fingerprint density at radius 3 is 2.36 bits per heavy atom. The lowest BCUT2D eigenvalue weighted by molar-refractivity contribution is -0.139. The molecule has 25 heavy (non-hydrogen) atoms. The second kappa shape index (κ2) is 7.92. The summed E-state index contributed by atoms with van der Waals surface area (Å²) in [5.74, 6) is -0.615. The van der Waals surface area contributed by atoms with E-state index in [1.165, 1.54) is 6.33 Å². The zero-order valence-electron chi connectivity index (χ0n) is 14.3. The van der Waals surface area contributed by atoms with E-state index in [0.29, 0.717) is 5.56 Å². The van der Waals surface area contributed by atoms with Gasteiger partial charge in [0.25, 0.3) is 5.91 Å². The number of benzene rings is 1. The van der Waals surface area contributed by atoms with Gasteiger partial charge in [-0.15, -0.1) is 0 Å². The first-order chi connectivity index (χ1) is 12.1. The molecule has 2 heterocycles. The van der Waals surface area contributed by atoms with E-state index >= 15 is 0 Å². The van der Waals surface area contributed by atoms with Gasteiger partial charge in [-0.05, 0) is 44.0 Å². The van der Waals surface area contributed by atoms with Crippen LogP contribution in [-0.2, 0) is 9.53 Å². The van der Waals surface area contributed by atoms with Crippen molar-refractivity contribution in [2.75, 3.05) is 13.1 Å². The first-order valence-electron chi connectivity index (χ1n) is 8.60. The number of hydrogen-bond donors (Lipinski definition) is 0. The molecule has 1 amide bonds. The monoisotopic (exact) mass is 342 g/mol. The van der Waals surface area contributed by atoms with Crippen molar-refractivity contribution in [3.8, 4) is 5.69 Å². The van der Waals surface area contributed by atoms with Crippen LogP contribution in [0.2, 0.25) is 0 Å². The van der Waals surface area contributed by atoms with Crippen LogP contribution in [0.1, 0.15) is 43.0 Å². The molecule has 1 aliphatic rings. The van der Waals surface area contributed by atoms with Crippen molar-refractivity contribution >= 4 is 11.9 Å². The second-order valence-corrected chi connectivity index (χ2v) is 6.17. The number of aromatic nitrogens is 3. The number of rotatable bonds is 4. The van der Waals surface area contributed by atoms with Crippen LogP contribution in [0.3, 0.4) is 0 Å². The van der Waals surface area contributed by atoms with Crippen LogP contribution in [0.15, 0.2) is 36.9 Å². The second-order valence-electron chi connectivity index (χ2n) is 6.17. The van der Waals surface area contributed by atoms with Crippen LogP contribution in [-0.4, -0.2) is 50.7 Å². The summed E-state index contributed by atoms with van der Waals surface area (Å²) in [6.07, 6.45) is 6.56. The Bertz CT molecular complexity index is 704. The molecule has 0 spiro atoms. The highest BCUT2D eigenvalue weighted by Gasteiger charge is 2.24. The minimum Gasteiger partial charge on any atom is -0.449 e. The summed E-state index contributed by atoms with van der Waals surface area (Å²) in [5.41, 5.74) is 1.20. The van der Waals surface area contributed by atoms with Crippen molar-refractivity contribution in [3.05, 3.63) is 42.5 Å². The van der Waals surface area contributed by atoms with Crippen molar-refractivity contribution in [1.82, 2.24) is 19.7 Å². The van der Waals surface area contributed by atoms with Gasteiger partial charge in [0.05, 0.1) is 11.3 Å². The molecule has 1 saturated heterocycles. The van der Waals surface area contributed by atoms with Crippen molar-refractivity contribution in [2.24, 2.45) is 0 Å². The average Bonchev–Trinajstić information content (AvgIpc) is 3.03. The number of ether oxygens (including phenoxy) is 1. The fourth-order valence-electron chi connectivity index (χ4n) is 2.92. The van der Waals surface area contributed by atoms with Crippen LogP contribution in [0.5, 0.6) is 0 Å². The van der Waals surface area contributed by atoms with E-state index in [1.807, 2.05) is 0 Å². The molecule has 1 aliphatic heterocycles. The smallest absolute Gasteiger partial charge is 0.338 e. The lowest BCUT2D eigenvalue weighted by atomic mass is 10.2. The molecule has 7 nitrogen and oxygen atoms in total. The van der Waals surface area contributed by atoms with Crippen molar-refractivity contribution in [1.29, 1.82) is 0 Å². The Morgan fingerprint density at radius 1 is 1.08 bits per heavy atom. The third-order valence-corrected chi connectivity index (χ3v) is 4.34. The van der Waals surface area contributed by atoms with Crippen LogP contribution in [0, 0.1) is 0 Å². The van der Waals surface area contributed by atoms with E-state index in [0.717, 1.165) is 44.5 Å². The topological polar surface area (TPSA) is 77.3 Å². The fraction of sp³-hybridized carbons (Fsp3) is 0.444. The van der Waals surface area contributed by atoms with Gasteiger partial charge >= 0.3 is 5.97 Å². The van der Waals surface area contributed by atoms with Crippen molar-refractivity contribution < 1.29 is 14.3 Å². The maximum Gasteiger partial charge on any atom is 0.338 e. The van der Waals surface area contributed by atoms with Crippen LogP contribution in [0.4, 0.5) is 0 Å². The molecule has 1 aromatic heterocycles. The van der Waals surface area contributed by atoms with E-state index in [4.69, 9.17) is 4.74 Å². The largest absolute Gasteiger partial charge is 0.449 e. The molecule has 1 unspecified atom stereocenters. The number of hydrogen-bond acceptors (Lipinski definition) is 5. The van der Waals surface area contributed by atoms with Gasteiger partial charge in [-0.2, -0.15) is 5.10 Å². The van der Waals surface area contributed by atoms with Gasteiger partial charge < -0.3 is 9.64 Å². The van der Waals surface area contributed by atoms with E-state index in [9.17, 15) is 9.59 Å². The lowest BCUT2D eigenvalue weighted by Crippen LogP contribution is -2.40. The standard InChI is InChI=1S/C18H22N4O3/c1-14(17(23)21-10-4-2-3-5-11-21)25-18(24)15-6-8-16(9-7-15)22-13-19-12-20-22/h6-9,12-14H,2-5,10-11H2,1H3. The molecule has 3 rings (SSSR count).